The third-order valence-electron chi connectivity index (χ3n) is 5.61. The van der Waals surface area contributed by atoms with E-state index in [2.05, 4.69) is 10.3 Å². The van der Waals surface area contributed by atoms with Crippen molar-refractivity contribution in [1.29, 1.82) is 0 Å². The molecule has 1 heterocycles. The van der Waals surface area contributed by atoms with Crippen molar-refractivity contribution in [3.05, 3.63) is 64.8 Å². The van der Waals surface area contributed by atoms with Gasteiger partial charge in [0.25, 0.3) is 5.91 Å². The number of benzene rings is 2. The van der Waals surface area contributed by atoms with Crippen LogP contribution in [0.1, 0.15) is 46.9 Å². The molecular weight excluding hydrogens is 380 g/mol. The molecule has 2 aromatic carbocycles. The lowest BCUT2D eigenvalue weighted by molar-refractivity contribution is -0.129. The average molecular weight is 406 g/mol. The Hall–Kier alpha value is -3.28. The molecule has 0 spiro atoms. The van der Waals surface area contributed by atoms with E-state index >= 15 is 0 Å². The minimum absolute atomic E-state index is 0.334. The monoisotopic (exact) mass is 406 g/mol. The number of amides is 1. The van der Waals surface area contributed by atoms with E-state index in [1.54, 1.807) is 20.1 Å². The number of hydrogen-bond acceptors (Lipinski definition) is 4. The molecule has 0 aliphatic heterocycles. The Morgan fingerprint density at radius 1 is 1.10 bits per heavy atom. The van der Waals surface area contributed by atoms with Gasteiger partial charge in [-0.1, -0.05) is 12.1 Å². The summed E-state index contributed by atoms with van der Waals surface area (Å²) in [6.45, 7) is 1.93. The number of carbonyl (C=O) groups excluding carboxylic acids is 2. The smallest absolute Gasteiger partial charge is 0.338 e. The van der Waals surface area contributed by atoms with Crippen molar-refractivity contribution in [2.24, 2.45) is 0 Å². The molecule has 0 radical (unpaired) electrons. The fourth-order valence-electron chi connectivity index (χ4n) is 3.89. The van der Waals surface area contributed by atoms with Crippen molar-refractivity contribution in [3.8, 4) is 5.75 Å². The van der Waals surface area contributed by atoms with Crippen LogP contribution in [0.4, 0.5) is 0 Å². The lowest BCUT2D eigenvalue weighted by atomic mass is 9.95. The second kappa shape index (κ2) is 8.61. The Labute approximate surface area is 175 Å². The SMILES string of the molecule is COc1ccc(CNC(=O)[C@H](C)OC(=O)c2ccc3[nH]c4c(c3c2)CCCC4)cc1. The molecule has 2 N–H and O–H groups in total. The molecule has 1 aliphatic carbocycles. The average Bonchev–Trinajstić information content (AvgIpc) is 3.15. The first-order valence-corrected chi connectivity index (χ1v) is 10.3. The van der Waals surface area contributed by atoms with Crippen molar-refractivity contribution >= 4 is 22.8 Å². The number of carbonyl (C=O) groups is 2. The Kier molecular flexibility index (Phi) is 5.74. The van der Waals surface area contributed by atoms with Gasteiger partial charge in [-0.3, -0.25) is 4.79 Å². The Bertz CT molecular complexity index is 1070. The maximum absolute atomic E-state index is 12.6. The molecule has 1 atom stereocenters. The number of aromatic amines is 1. The zero-order valence-electron chi connectivity index (χ0n) is 17.3. The van der Waals surface area contributed by atoms with E-state index in [0.717, 1.165) is 35.1 Å². The van der Waals surface area contributed by atoms with Gasteiger partial charge in [0.05, 0.1) is 12.7 Å². The third kappa shape index (κ3) is 4.17. The first-order valence-electron chi connectivity index (χ1n) is 10.3. The number of esters is 1. The summed E-state index contributed by atoms with van der Waals surface area (Å²) in [6.07, 6.45) is 3.55. The fourth-order valence-corrected chi connectivity index (χ4v) is 3.89. The molecule has 30 heavy (non-hydrogen) atoms. The minimum Gasteiger partial charge on any atom is -0.497 e. The molecular formula is C24H26N2O4. The van der Waals surface area contributed by atoms with Crippen molar-refractivity contribution < 1.29 is 19.1 Å². The third-order valence-corrected chi connectivity index (χ3v) is 5.61. The summed E-state index contributed by atoms with van der Waals surface area (Å²) >= 11 is 0. The molecule has 156 valence electrons. The second-order valence-corrected chi connectivity index (χ2v) is 7.66. The number of H-pyrrole nitrogens is 1. The van der Waals surface area contributed by atoms with Gasteiger partial charge in [0, 0.05) is 23.1 Å². The van der Waals surface area contributed by atoms with E-state index < -0.39 is 12.1 Å². The lowest BCUT2D eigenvalue weighted by Crippen LogP contribution is -2.35. The van der Waals surface area contributed by atoms with Crippen LogP contribution >= 0.6 is 0 Å². The van der Waals surface area contributed by atoms with Gasteiger partial charge in [0.15, 0.2) is 6.10 Å². The van der Waals surface area contributed by atoms with E-state index in [4.69, 9.17) is 9.47 Å². The summed E-state index contributed by atoms with van der Waals surface area (Å²) in [5.74, 6) is -0.0675. The molecule has 0 bridgehead atoms. The Morgan fingerprint density at radius 2 is 1.87 bits per heavy atom. The predicted molar refractivity (Wildman–Crippen MR) is 115 cm³/mol. The Balaban J connectivity index is 1.38. The molecule has 0 saturated heterocycles. The normalized spacial score (nSPS) is 14.1. The number of fused-ring (bicyclic) bond motifs is 3. The van der Waals surface area contributed by atoms with Gasteiger partial charge in [-0.2, -0.15) is 0 Å². The maximum Gasteiger partial charge on any atom is 0.338 e. The van der Waals surface area contributed by atoms with Gasteiger partial charge in [-0.25, -0.2) is 4.79 Å². The molecule has 1 amide bonds. The van der Waals surface area contributed by atoms with Gasteiger partial charge in [0.2, 0.25) is 0 Å². The van der Waals surface area contributed by atoms with E-state index in [1.165, 1.54) is 24.1 Å². The summed E-state index contributed by atoms with van der Waals surface area (Å²) in [6, 6.07) is 13.0. The molecule has 4 rings (SSSR count). The number of hydrogen-bond donors (Lipinski definition) is 2. The summed E-state index contributed by atoms with van der Waals surface area (Å²) in [7, 11) is 1.61. The number of aryl methyl sites for hydroxylation is 2. The summed E-state index contributed by atoms with van der Waals surface area (Å²) in [5.41, 5.74) is 5.02. The quantitative estimate of drug-likeness (QED) is 0.608. The van der Waals surface area contributed by atoms with Crippen molar-refractivity contribution in [2.75, 3.05) is 7.11 Å². The second-order valence-electron chi connectivity index (χ2n) is 7.66. The molecule has 1 aliphatic rings. The summed E-state index contributed by atoms with van der Waals surface area (Å²) < 4.78 is 10.5. The van der Waals surface area contributed by atoms with Crippen LogP contribution in [0, 0.1) is 0 Å². The zero-order valence-corrected chi connectivity index (χ0v) is 17.3. The fraction of sp³-hybridized carbons (Fsp3) is 0.333. The summed E-state index contributed by atoms with van der Waals surface area (Å²) in [5, 5.41) is 3.88. The molecule has 3 aromatic rings. The first-order chi connectivity index (χ1) is 14.5. The van der Waals surface area contributed by atoms with E-state index in [9.17, 15) is 9.59 Å². The van der Waals surface area contributed by atoms with Gasteiger partial charge in [-0.15, -0.1) is 0 Å². The highest BCUT2D eigenvalue weighted by Crippen LogP contribution is 2.29. The molecule has 0 fully saturated rings. The van der Waals surface area contributed by atoms with Crippen LogP contribution in [-0.4, -0.2) is 30.1 Å². The van der Waals surface area contributed by atoms with Crippen LogP contribution in [0.2, 0.25) is 0 Å². The van der Waals surface area contributed by atoms with Gasteiger partial charge < -0.3 is 19.8 Å². The lowest BCUT2D eigenvalue weighted by Gasteiger charge is -2.14. The largest absolute Gasteiger partial charge is 0.497 e. The van der Waals surface area contributed by atoms with Crippen molar-refractivity contribution in [1.82, 2.24) is 10.3 Å². The van der Waals surface area contributed by atoms with Crippen molar-refractivity contribution in [2.45, 2.75) is 45.3 Å². The van der Waals surface area contributed by atoms with Crippen LogP contribution in [0.15, 0.2) is 42.5 Å². The highest BCUT2D eigenvalue weighted by Gasteiger charge is 2.21. The highest BCUT2D eigenvalue weighted by atomic mass is 16.5. The highest BCUT2D eigenvalue weighted by molar-refractivity contribution is 5.97. The molecule has 1 aromatic heterocycles. The molecule has 0 unspecified atom stereocenters. The number of ether oxygens (including phenoxy) is 2. The predicted octanol–water partition coefficient (Wildman–Crippen LogP) is 3.92. The number of methoxy groups -OCH3 is 1. The van der Waals surface area contributed by atoms with Crippen LogP contribution in [-0.2, 0) is 28.9 Å². The summed E-state index contributed by atoms with van der Waals surface area (Å²) in [4.78, 5) is 28.4. The number of rotatable bonds is 6. The standard InChI is InChI=1S/C24H26N2O4/c1-15(23(27)25-14-16-7-10-18(29-2)11-8-16)30-24(28)17-9-12-22-20(13-17)19-5-3-4-6-21(19)26-22/h7-13,15,26H,3-6,14H2,1-2H3,(H,25,27)/t15-/m0/s1. The Morgan fingerprint density at radius 3 is 2.63 bits per heavy atom. The van der Waals surface area contributed by atoms with E-state index in [0.29, 0.717) is 12.1 Å². The van der Waals surface area contributed by atoms with Gasteiger partial charge in [-0.05, 0) is 74.1 Å². The molecule has 6 nitrogen and oxygen atoms in total. The van der Waals surface area contributed by atoms with Crippen molar-refractivity contribution in [3.63, 3.8) is 0 Å². The zero-order chi connectivity index (χ0) is 21.1. The maximum atomic E-state index is 12.6. The van der Waals surface area contributed by atoms with E-state index in [-0.39, 0.29) is 5.91 Å². The number of nitrogens with one attached hydrogen (secondary N) is 2. The van der Waals surface area contributed by atoms with Crippen LogP contribution in [0.25, 0.3) is 10.9 Å². The topological polar surface area (TPSA) is 80.4 Å². The van der Waals surface area contributed by atoms with Crippen LogP contribution in [0.3, 0.4) is 0 Å². The number of aromatic nitrogens is 1. The van der Waals surface area contributed by atoms with Crippen LogP contribution in [0.5, 0.6) is 5.75 Å². The van der Waals surface area contributed by atoms with Gasteiger partial charge in [0.1, 0.15) is 5.75 Å². The van der Waals surface area contributed by atoms with Gasteiger partial charge >= 0.3 is 5.97 Å². The van der Waals surface area contributed by atoms with E-state index in [1.807, 2.05) is 36.4 Å². The molecule has 0 saturated carbocycles. The first kappa shape index (κ1) is 20.0. The minimum atomic E-state index is -0.883. The molecule has 6 heteroatoms. The van der Waals surface area contributed by atoms with Crippen LogP contribution < -0.4 is 10.1 Å².